The highest BCUT2D eigenvalue weighted by Crippen LogP contribution is 2.19. The minimum absolute atomic E-state index is 0.0722. The molecule has 2 N–H and O–H groups in total. The summed E-state index contributed by atoms with van der Waals surface area (Å²) >= 11 is 1.58. The monoisotopic (exact) mass is 295 g/mol. The van der Waals surface area contributed by atoms with Crippen LogP contribution in [0.3, 0.4) is 0 Å². The third-order valence-corrected chi connectivity index (χ3v) is 4.47. The minimum Gasteiger partial charge on any atom is -0.354 e. The molecule has 1 saturated heterocycles. The molecule has 0 saturated carbocycles. The molecule has 0 spiro atoms. The van der Waals surface area contributed by atoms with Gasteiger partial charge in [0.1, 0.15) is 6.04 Å². The van der Waals surface area contributed by atoms with Gasteiger partial charge in [0.25, 0.3) is 0 Å². The van der Waals surface area contributed by atoms with Gasteiger partial charge < -0.3 is 10.6 Å². The third-order valence-electron chi connectivity index (χ3n) is 3.28. The Morgan fingerprint density at radius 3 is 3.05 bits per heavy atom. The van der Waals surface area contributed by atoms with E-state index in [-0.39, 0.29) is 18.2 Å². The Morgan fingerprint density at radius 1 is 1.55 bits per heavy atom. The van der Waals surface area contributed by atoms with E-state index in [9.17, 15) is 9.59 Å². The molecule has 2 rings (SSSR count). The summed E-state index contributed by atoms with van der Waals surface area (Å²) in [5.41, 5.74) is 0.783. The number of carbonyl (C=O) groups excluding carboxylic acids is 2. The van der Waals surface area contributed by atoms with Crippen molar-refractivity contribution >= 4 is 23.2 Å². The lowest BCUT2D eigenvalue weighted by atomic mass is 10.1. The van der Waals surface area contributed by atoms with Crippen LogP contribution >= 0.6 is 11.3 Å². The molecule has 1 aliphatic rings. The van der Waals surface area contributed by atoms with Gasteiger partial charge in [-0.25, -0.2) is 4.98 Å². The number of amides is 2. The maximum atomic E-state index is 12.0. The molecule has 0 aliphatic carbocycles. The summed E-state index contributed by atoms with van der Waals surface area (Å²) < 4.78 is 0. The van der Waals surface area contributed by atoms with E-state index in [1.807, 2.05) is 5.38 Å². The summed E-state index contributed by atoms with van der Waals surface area (Å²) in [6.45, 7) is 4.87. The normalized spacial score (nSPS) is 19.6. The fourth-order valence-electron chi connectivity index (χ4n) is 2.16. The average molecular weight is 295 g/mol. The second-order valence-corrected chi connectivity index (χ2v) is 6.31. The van der Waals surface area contributed by atoms with Crippen molar-refractivity contribution in [3.63, 3.8) is 0 Å². The zero-order chi connectivity index (χ0) is 14.5. The number of hydrogen-bond acceptors (Lipinski definition) is 4. The van der Waals surface area contributed by atoms with E-state index in [0.717, 1.165) is 23.5 Å². The Labute approximate surface area is 123 Å². The lowest BCUT2D eigenvalue weighted by Crippen LogP contribution is -2.46. The Kier molecular flexibility index (Phi) is 5.11. The molecule has 2 heterocycles. The molecule has 1 aromatic heterocycles. The Hall–Kier alpha value is -1.43. The van der Waals surface area contributed by atoms with Crippen LogP contribution in [0.15, 0.2) is 5.38 Å². The molecule has 1 aromatic rings. The van der Waals surface area contributed by atoms with Crippen molar-refractivity contribution in [3.05, 3.63) is 16.1 Å². The van der Waals surface area contributed by atoms with Crippen molar-refractivity contribution < 1.29 is 9.59 Å². The first kappa shape index (κ1) is 15.0. The van der Waals surface area contributed by atoms with Crippen molar-refractivity contribution in [2.75, 3.05) is 6.54 Å². The molecule has 0 radical (unpaired) electrons. The van der Waals surface area contributed by atoms with Gasteiger partial charge in [-0.3, -0.25) is 9.59 Å². The highest BCUT2D eigenvalue weighted by Gasteiger charge is 2.22. The number of aromatic nitrogens is 1. The number of carbonyl (C=O) groups is 2. The maximum Gasteiger partial charge on any atom is 0.242 e. The molecule has 0 bridgehead atoms. The maximum absolute atomic E-state index is 12.0. The summed E-state index contributed by atoms with van der Waals surface area (Å²) in [4.78, 5) is 28.2. The van der Waals surface area contributed by atoms with Gasteiger partial charge in [-0.05, 0) is 19.3 Å². The van der Waals surface area contributed by atoms with Gasteiger partial charge in [-0.2, -0.15) is 0 Å². The summed E-state index contributed by atoms with van der Waals surface area (Å²) in [5.74, 6) is 0.175. The van der Waals surface area contributed by atoms with Crippen LogP contribution in [0.4, 0.5) is 0 Å². The van der Waals surface area contributed by atoms with Crippen molar-refractivity contribution in [2.45, 2.75) is 51.5 Å². The van der Waals surface area contributed by atoms with Gasteiger partial charge in [0.05, 0.1) is 17.1 Å². The van der Waals surface area contributed by atoms with Crippen LogP contribution in [0.2, 0.25) is 0 Å². The molecule has 110 valence electrons. The van der Waals surface area contributed by atoms with Crippen LogP contribution in [-0.2, 0) is 16.0 Å². The smallest absolute Gasteiger partial charge is 0.242 e. The van der Waals surface area contributed by atoms with Crippen LogP contribution < -0.4 is 10.6 Å². The molecule has 5 nitrogen and oxygen atoms in total. The number of rotatable bonds is 4. The molecule has 1 atom stereocenters. The van der Waals surface area contributed by atoms with E-state index in [1.165, 1.54) is 0 Å². The predicted octanol–water partition coefficient (Wildman–Crippen LogP) is 1.59. The number of hydrogen-bond donors (Lipinski definition) is 2. The molecule has 1 unspecified atom stereocenters. The van der Waals surface area contributed by atoms with Gasteiger partial charge in [0.15, 0.2) is 0 Å². The van der Waals surface area contributed by atoms with Crippen molar-refractivity contribution in [3.8, 4) is 0 Å². The second kappa shape index (κ2) is 6.83. The first-order valence-corrected chi connectivity index (χ1v) is 7.95. The van der Waals surface area contributed by atoms with Gasteiger partial charge in [0, 0.05) is 17.8 Å². The van der Waals surface area contributed by atoms with Gasteiger partial charge in [0.2, 0.25) is 11.8 Å². The molecule has 20 heavy (non-hydrogen) atoms. The summed E-state index contributed by atoms with van der Waals surface area (Å²) in [6, 6.07) is -0.395. The van der Waals surface area contributed by atoms with Crippen LogP contribution in [0, 0.1) is 0 Å². The van der Waals surface area contributed by atoms with Gasteiger partial charge >= 0.3 is 0 Å². The highest BCUT2D eigenvalue weighted by molar-refractivity contribution is 7.09. The van der Waals surface area contributed by atoms with Crippen LogP contribution in [0.25, 0.3) is 0 Å². The number of nitrogens with zero attached hydrogens (tertiary/aromatic N) is 1. The zero-order valence-corrected chi connectivity index (χ0v) is 12.8. The summed E-state index contributed by atoms with van der Waals surface area (Å²) in [7, 11) is 0. The van der Waals surface area contributed by atoms with Gasteiger partial charge in [-0.15, -0.1) is 11.3 Å². The second-order valence-electron chi connectivity index (χ2n) is 5.42. The standard InChI is InChI=1S/C14H21N3O2S/c1-9(2)14-16-10(8-20-14)7-12(18)17-11-5-3-4-6-15-13(11)19/h8-9,11H,3-7H2,1-2H3,(H,15,19)(H,17,18). The Balaban J connectivity index is 1.89. The van der Waals surface area contributed by atoms with E-state index in [0.29, 0.717) is 18.9 Å². The zero-order valence-electron chi connectivity index (χ0n) is 11.9. The Bertz CT molecular complexity index is 485. The highest BCUT2D eigenvalue weighted by atomic mass is 32.1. The first-order chi connectivity index (χ1) is 9.56. The summed E-state index contributed by atoms with van der Waals surface area (Å²) in [5, 5.41) is 8.59. The van der Waals surface area contributed by atoms with E-state index in [1.54, 1.807) is 11.3 Å². The lowest BCUT2D eigenvalue weighted by Gasteiger charge is -2.14. The van der Waals surface area contributed by atoms with Crippen LogP contribution in [-0.4, -0.2) is 29.4 Å². The molecule has 1 fully saturated rings. The molecule has 0 aromatic carbocycles. The van der Waals surface area contributed by atoms with E-state index < -0.39 is 6.04 Å². The molecule has 1 aliphatic heterocycles. The number of thiazole rings is 1. The van der Waals surface area contributed by atoms with Gasteiger partial charge in [-0.1, -0.05) is 13.8 Å². The SMILES string of the molecule is CC(C)c1nc(CC(=O)NC2CCCCNC2=O)cs1. The fourth-order valence-corrected chi connectivity index (χ4v) is 2.99. The molecule has 2 amide bonds. The van der Waals surface area contributed by atoms with Crippen molar-refractivity contribution in [1.29, 1.82) is 0 Å². The topological polar surface area (TPSA) is 71.1 Å². The van der Waals surface area contributed by atoms with E-state index in [4.69, 9.17) is 0 Å². The predicted molar refractivity (Wildman–Crippen MR) is 78.7 cm³/mol. The molecular weight excluding hydrogens is 274 g/mol. The molecule has 6 heteroatoms. The summed E-state index contributed by atoms with van der Waals surface area (Å²) in [6.07, 6.45) is 2.89. The van der Waals surface area contributed by atoms with E-state index >= 15 is 0 Å². The quantitative estimate of drug-likeness (QED) is 0.886. The van der Waals surface area contributed by atoms with E-state index in [2.05, 4.69) is 29.5 Å². The van der Waals surface area contributed by atoms with Crippen molar-refractivity contribution in [2.24, 2.45) is 0 Å². The largest absolute Gasteiger partial charge is 0.354 e. The molecular formula is C14H21N3O2S. The average Bonchev–Trinajstić information content (AvgIpc) is 2.76. The van der Waals surface area contributed by atoms with Crippen LogP contribution in [0.1, 0.15) is 49.7 Å². The fraction of sp³-hybridized carbons (Fsp3) is 0.643. The van der Waals surface area contributed by atoms with Crippen molar-refractivity contribution in [1.82, 2.24) is 15.6 Å². The minimum atomic E-state index is -0.395. The Morgan fingerprint density at radius 2 is 2.35 bits per heavy atom. The number of nitrogens with one attached hydrogen (secondary N) is 2. The first-order valence-electron chi connectivity index (χ1n) is 7.07. The van der Waals surface area contributed by atoms with Crippen LogP contribution in [0.5, 0.6) is 0 Å². The lowest BCUT2D eigenvalue weighted by molar-refractivity contribution is -0.128. The third kappa shape index (κ3) is 4.03.